The molecule has 1 amide bonds. The van der Waals surface area contributed by atoms with Crippen LogP contribution in [-0.4, -0.2) is 46.4 Å². The summed E-state index contributed by atoms with van der Waals surface area (Å²) in [6, 6.07) is 7.32. The summed E-state index contributed by atoms with van der Waals surface area (Å²) in [5.41, 5.74) is 1.51. The van der Waals surface area contributed by atoms with Gasteiger partial charge in [0.15, 0.2) is 0 Å². The maximum atomic E-state index is 12.4. The van der Waals surface area contributed by atoms with Gasteiger partial charge in [-0.05, 0) is 49.4 Å². The fraction of sp³-hybridized carbons (Fsp3) is 0.429. The summed E-state index contributed by atoms with van der Waals surface area (Å²) >= 11 is 0. The van der Waals surface area contributed by atoms with E-state index >= 15 is 0 Å². The van der Waals surface area contributed by atoms with Crippen molar-refractivity contribution in [2.45, 2.75) is 32.1 Å². The summed E-state index contributed by atoms with van der Waals surface area (Å²) < 4.78 is 0. The van der Waals surface area contributed by atoms with Gasteiger partial charge in [-0.15, -0.1) is 4.99 Å². The average Bonchev–Trinajstić information content (AvgIpc) is 3.43. The number of pyridine rings is 1. The number of hydrogen-bond donors (Lipinski definition) is 3. The molecule has 1 fully saturated rings. The third-order valence-corrected chi connectivity index (χ3v) is 5.09. The Kier molecular flexibility index (Phi) is 7.63. The Bertz CT molecular complexity index is 826. The van der Waals surface area contributed by atoms with Gasteiger partial charge in [0.25, 0.3) is 5.91 Å². The second kappa shape index (κ2) is 10.9. The van der Waals surface area contributed by atoms with E-state index in [9.17, 15) is 4.79 Å². The second-order valence-corrected chi connectivity index (χ2v) is 7.19. The molecule has 3 heterocycles. The highest BCUT2D eigenvalue weighted by Gasteiger charge is 2.26. The zero-order valence-electron chi connectivity index (χ0n) is 16.5. The molecular weight excluding hydrogens is 366 g/mol. The number of carbonyl (C=O) groups excluding carboxylic acids is 1. The van der Waals surface area contributed by atoms with Gasteiger partial charge in [0, 0.05) is 43.9 Å². The van der Waals surface area contributed by atoms with Crippen molar-refractivity contribution in [1.82, 2.24) is 20.2 Å². The van der Waals surface area contributed by atoms with Gasteiger partial charge in [-0.3, -0.25) is 9.78 Å². The molecule has 1 saturated heterocycles. The highest BCUT2D eigenvalue weighted by molar-refractivity contribution is 5.94. The fourth-order valence-electron chi connectivity index (χ4n) is 3.56. The third-order valence-electron chi connectivity index (χ3n) is 5.09. The quantitative estimate of drug-likeness (QED) is 0.276. The molecule has 8 heteroatoms. The lowest BCUT2D eigenvalue weighted by Gasteiger charge is -2.15. The van der Waals surface area contributed by atoms with Crippen LogP contribution in [0.4, 0.5) is 5.69 Å². The normalized spacial score (nSPS) is 16.4. The van der Waals surface area contributed by atoms with Crippen LogP contribution in [0.3, 0.4) is 0 Å². The number of likely N-dealkylation sites (tertiary alicyclic amines) is 1. The van der Waals surface area contributed by atoms with Gasteiger partial charge in [0.05, 0.1) is 0 Å². The van der Waals surface area contributed by atoms with Crippen molar-refractivity contribution in [3.8, 4) is 6.19 Å². The van der Waals surface area contributed by atoms with E-state index in [4.69, 9.17) is 5.26 Å². The molecule has 2 aromatic rings. The summed E-state index contributed by atoms with van der Waals surface area (Å²) in [5, 5.41) is 15.1. The van der Waals surface area contributed by atoms with E-state index in [1.54, 1.807) is 18.6 Å². The van der Waals surface area contributed by atoms with Gasteiger partial charge >= 0.3 is 0 Å². The van der Waals surface area contributed by atoms with Crippen LogP contribution in [0.5, 0.6) is 0 Å². The predicted octanol–water partition coefficient (Wildman–Crippen LogP) is 2.97. The molecule has 1 unspecified atom stereocenters. The van der Waals surface area contributed by atoms with Gasteiger partial charge in [0.2, 0.25) is 12.2 Å². The van der Waals surface area contributed by atoms with E-state index in [2.05, 4.69) is 25.6 Å². The number of hydrogen-bond acceptors (Lipinski definition) is 4. The minimum absolute atomic E-state index is 0.104. The van der Waals surface area contributed by atoms with Crippen LogP contribution in [0.25, 0.3) is 0 Å². The highest BCUT2D eigenvalue weighted by Crippen LogP contribution is 2.23. The van der Waals surface area contributed by atoms with E-state index in [1.807, 2.05) is 35.4 Å². The minimum Gasteiger partial charge on any atom is -0.357 e. The summed E-state index contributed by atoms with van der Waals surface area (Å²) in [6.45, 7) is 2.45. The number of nitriles is 1. The molecule has 1 aliphatic rings. The highest BCUT2D eigenvalue weighted by atomic mass is 16.2. The first-order valence-corrected chi connectivity index (χ1v) is 10.1. The smallest absolute Gasteiger partial charge is 0.270 e. The van der Waals surface area contributed by atoms with Crippen LogP contribution in [0.15, 0.2) is 47.8 Å². The lowest BCUT2D eigenvalue weighted by Crippen LogP contribution is -2.31. The Morgan fingerprint density at radius 2 is 2.17 bits per heavy atom. The molecule has 0 radical (unpaired) electrons. The van der Waals surface area contributed by atoms with E-state index in [1.165, 1.54) is 0 Å². The van der Waals surface area contributed by atoms with Crippen molar-refractivity contribution >= 4 is 17.6 Å². The van der Waals surface area contributed by atoms with E-state index in [0.717, 1.165) is 57.4 Å². The number of H-pyrrole nitrogens is 1. The first-order valence-electron chi connectivity index (χ1n) is 10.1. The van der Waals surface area contributed by atoms with Gasteiger partial charge in [0.1, 0.15) is 5.69 Å². The molecule has 0 aliphatic carbocycles. The third kappa shape index (κ3) is 6.35. The Labute approximate surface area is 171 Å². The maximum Gasteiger partial charge on any atom is 0.270 e. The summed E-state index contributed by atoms with van der Waals surface area (Å²) in [5.74, 6) is 1.15. The largest absolute Gasteiger partial charge is 0.357 e. The number of nitrogens with zero attached hydrogens (tertiary/aromatic N) is 4. The van der Waals surface area contributed by atoms with Crippen molar-refractivity contribution < 1.29 is 4.79 Å². The first kappa shape index (κ1) is 20.4. The molecule has 8 nitrogen and oxygen atoms in total. The number of aromatic nitrogens is 2. The first-order chi connectivity index (χ1) is 14.3. The molecule has 0 aromatic carbocycles. The standard InChI is InChI=1S/C21H27N7O/c22-16-26-21(27-18-7-12-23-13-8-18)25-10-3-1-2-5-17-9-14-28(15-17)20(29)19-6-4-11-24-19/h4,6-8,11-13,17,24H,1-3,5,9-10,14-15H2,(H2,23,25,26,27). The van der Waals surface area contributed by atoms with E-state index < -0.39 is 0 Å². The molecule has 0 bridgehead atoms. The Hall–Kier alpha value is -3.34. The number of amides is 1. The number of aliphatic imine (C=N–C) groups is 1. The Morgan fingerprint density at radius 1 is 1.31 bits per heavy atom. The number of aromatic amines is 1. The number of anilines is 1. The number of unbranched alkanes of at least 4 members (excludes halogenated alkanes) is 2. The monoisotopic (exact) mass is 393 g/mol. The molecule has 0 saturated carbocycles. The fourth-order valence-corrected chi connectivity index (χ4v) is 3.56. The zero-order chi connectivity index (χ0) is 20.3. The molecule has 1 atom stereocenters. The zero-order valence-corrected chi connectivity index (χ0v) is 16.5. The Balaban J connectivity index is 1.29. The van der Waals surface area contributed by atoms with Crippen molar-refractivity contribution in [1.29, 1.82) is 5.26 Å². The predicted molar refractivity (Wildman–Crippen MR) is 112 cm³/mol. The SMILES string of the molecule is N#CN=C(NCCCCCC1CCN(C(=O)c2ccc[nH]2)C1)Nc1ccncc1. The number of guanidine groups is 1. The van der Waals surface area contributed by atoms with Crippen LogP contribution >= 0.6 is 0 Å². The molecule has 152 valence electrons. The molecular formula is C21H27N7O. The van der Waals surface area contributed by atoms with Crippen molar-refractivity contribution in [2.75, 3.05) is 25.0 Å². The number of rotatable bonds is 8. The second-order valence-electron chi connectivity index (χ2n) is 7.19. The Morgan fingerprint density at radius 3 is 2.93 bits per heavy atom. The maximum absolute atomic E-state index is 12.4. The molecule has 0 spiro atoms. The molecule has 29 heavy (non-hydrogen) atoms. The minimum atomic E-state index is 0.104. The van der Waals surface area contributed by atoms with Gasteiger partial charge < -0.3 is 20.5 Å². The van der Waals surface area contributed by atoms with Crippen LogP contribution in [0.2, 0.25) is 0 Å². The summed E-state index contributed by atoms with van der Waals surface area (Å²) in [4.78, 5) is 25.1. The molecule has 3 rings (SSSR count). The summed E-state index contributed by atoms with van der Waals surface area (Å²) in [7, 11) is 0. The van der Waals surface area contributed by atoms with Crippen LogP contribution in [0.1, 0.15) is 42.6 Å². The molecule has 1 aliphatic heterocycles. The molecule has 3 N–H and O–H groups in total. The van der Waals surface area contributed by atoms with Gasteiger partial charge in [-0.25, -0.2) is 0 Å². The van der Waals surface area contributed by atoms with Crippen LogP contribution in [0, 0.1) is 17.4 Å². The number of carbonyl (C=O) groups is 1. The van der Waals surface area contributed by atoms with E-state index in [-0.39, 0.29) is 5.91 Å². The lowest BCUT2D eigenvalue weighted by atomic mass is 10.0. The lowest BCUT2D eigenvalue weighted by molar-refractivity contribution is 0.0781. The van der Waals surface area contributed by atoms with Crippen molar-refractivity contribution in [3.63, 3.8) is 0 Å². The average molecular weight is 393 g/mol. The topological polar surface area (TPSA) is 109 Å². The summed E-state index contributed by atoms with van der Waals surface area (Å²) in [6.07, 6.45) is 12.4. The molecule has 2 aromatic heterocycles. The van der Waals surface area contributed by atoms with E-state index in [0.29, 0.717) is 17.6 Å². The van der Waals surface area contributed by atoms with Crippen LogP contribution in [-0.2, 0) is 0 Å². The van der Waals surface area contributed by atoms with Crippen molar-refractivity contribution in [2.24, 2.45) is 10.9 Å². The van der Waals surface area contributed by atoms with Crippen molar-refractivity contribution in [3.05, 3.63) is 48.5 Å². The van der Waals surface area contributed by atoms with Gasteiger partial charge in [-0.2, -0.15) is 5.26 Å². The van der Waals surface area contributed by atoms with Crippen LogP contribution < -0.4 is 10.6 Å². The number of nitrogens with one attached hydrogen (secondary N) is 3. The van der Waals surface area contributed by atoms with Gasteiger partial charge in [-0.1, -0.05) is 12.8 Å².